The maximum Gasteiger partial charge on any atom is 0.572 e. The first-order valence-electron chi connectivity index (χ1n) is 25.1. The Balaban J connectivity index is 0.853. The summed E-state index contributed by atoms with van der Waals surface area (Å²) >= 11 is 0. The lowest BCUT2D eigenvalue weighted by atomic mass is 9.99. The van der Waals surface area contributed by atoms with Gasteiger partial charge in [-0.3, -0.25) is 18.0 Å². The van der Waals surface area contributed by atoms with E-state index in [0.29, 0.717) is 19.3 Å². The van der Waals surface area contributed by atoms with Gasteiger partial charge in [0, 0.05) is 0 Å². The number of alkyl halides is 3. The lowest BCUT2D eigenvalue weighted by Gasteiger charge is -2.35. The summed E-state index contributed by atoms with van der Waals surface area (Å²) in [5.41, 5.74) is 9.47. The van der Waals surface area contributed by atoms with Crippen molar-refractivity contribution in [2.75, 3.05) is 0 Å². The summed E-state index contributed by atoms with van der Waals surface area (Å²) in [5.74, 6) is -1.61. The predicted octanol–water partition coefficient (Wildman–Crippen LogP) is 14.0. The summed E-state index contributed by atoms with van der Waals surface area (Å²) in [5, 5.41) is 0. The highest BCUT2D eigenvalue weighted by Gasteiger charge is 2.58. The standard InChI is InChI=1S/C64H45F3O9S2/c65-64(66,67)78(71,72)76-77(49-28-22-46(23-29-49)73-61(68)37-43-13-7-19-55-52-16-4-1-10-40(52)34-58(43)55,50-30-24-47(25-31-50)74-62(69)38-44-14-8-20-56-53-17-5-2-11-41(53)35-59(44)56)51-32-26-48(27-33-51)75-63(70)39-45-15-9-21-57-54-18-6-3-12-42(54)36-60(45)57/h1-33H,34-39H2/p+1. The Morgan fingerprint density at radius 1 is 0.385 bits per heavy atom. The third-order valence-electron chi connectivity index (χ3n) is 14.5. The second-order valence-electron chi connectivity index (χ2n) is 19.3. The molecule has 388 valence electrons. The quantitative estimate of drug-likeness (QED) is 0.0346. The Labute approximate surface area is 449 Å². The van der Waals surface area contributed by atoms with Gasteiger partial charge in [-0.1, -0.05) is 127 Å². The zero-order chi connectivity index (χ0) is 53.8. The zero-order valence-corrected chi connectivity index (χ0v) is 43.1. The monoisotopic (exact) mass is 1080 g/mol. The van der Waals surface area contributed by atoms with Gasteiger partial charge < -0.3 is 14.2 Å². The molecule has 12 rings (SSSR count). The lowest BCUT2D eigenvalue weighted by molar-refractivity contribution is -0.134. The van der Waals surface area contributed by atoms with Crippen LogP contribution < -0.4 is 14.2 Å². The van der Waals surface area contributed by atoms with Crippen LogP contribution in [0, 0.1) is 0 Å². The number of fused-ring (bicyclic) bond motifs is 9. The number of rotatable bonds is 14. The number of carbonyl (C=O) groups is 3. The third-order valence-corrected chi connectivity index (χ3v) is 19.7. The molecule has 0 radical (unpaired) electrons. The van der Waals surface area contributed by atoms with Gasteiger partial charge in [0.15, 0.2) is 0 Å². The molecule has 9 aromatic rings. The maximum absolute atomic E-state index is 14.7. The minimum absolute atomic E-state index is 0.0149. The van der Waals surface area contributed by atoms with E-state index in [0.717, 1.165) is 83.5 Å². The number of halogens is 3. The molecule has 0 fully saturated rings. The number of carbonyl (C=O) groups excluding carboxylic acids is 3. The Morgan fingerprint density at radius 2 is 0.667 bits per heavy atom. The molecule has 0 saturated carbocycles. The summed E-state index contributed by atoms with van der Waals surface area (Å²) < 4.78 is 92.4. The predicted molar refractivity (Wildman–Crippen MR) is 291 cm³/mol. The summed E-state index contributed by atoms with van der Waals surface area (Å²) in [4.78, 5) is 40.8. The molecule has 0 heterocycles. The Morgan fingerprint density at radius 3 is 0.962 bits per heavy atom. The van der Waals surface area contributed by atoms with E-state index >= 15 is 0 Å². The largest absolute Gasteiger partial charge is 0.572 e. The lowest BCUT2D eigenvalue weighted by Crippen LogP contribution is -2.30. The normalized spacial score (nSPS) is 13.1. The number of benzene rings is 9. The van der Waals surface area contributed by atoms with Crippen molar-refractivity contribution >= 4 is 38.3 Å². The molecule has 0 spiro atoms. The average molecular weight is 1080 g/mol. The first-order chi connectivity index (χ1) is 37.7. The molecule has 0 amide bonds. The van der Waals surface area contributed by atoms with Gasteiger partial charge in [0.25, 0.3) is 0 Å². The Bertz CT molecular complexity index is 3610. The van der Waals surface area contributed by atoms with Crippen LogP contribution in [0.25, 0.3) is 33.4 Å². The molecule has 0 unspecified atom stereocenters. The summed E-state index contributed by atoms with van der Waals surface area (Å²) in [6, 6.07) is 57.9. The molecule has 9 nitrogen and oxygen atoms in total. The Hall–Kier alpha value is -8.56. The van der Waals surface area contributed by atoms with Crippen LogP contribution in [0.5, 0.6) is 17.2 Å². The maximum atomic E-state index is 14.7. The molecule has 78 heavy (non-hydrogen) atoms. The van der Waals surface area contributed by atoms with Crippen LogP contribution in [-0.2, 0) is 63.0 Å². The van der Waals surface area contributed by atoms with Crippen molar-refractivity contribution in [3.63, 3.8) is 0 Å². The van der Waals surface area contributed by atoms with Gasteiger partial charge in [-0.15, -0.1) is 8.42 Å². The second-order valence-corrected chi connectivity index (χ2v) is 23.9. The number of esters is 3. The van der Waals surface area contributed by atoms with Crippen LogP contribution in [0.15, 0.2) is 215 Å². The van der Waals surface area contributed by atoms with Crippen LogP contribution >= 0.6 is 10.3 Å². The third kappa shape index (κ3) is 9.46. The first kappa shape index (κ1) is 50.3. The van der Waals surface area contributed by atoms with Gasteiger partial charge in [-0.05, 0) is 176 Å². The fraction of sp³-hybridized carbons (Fsp3) is 0.109. The fourth-order valence-electron chi connectivity index (χ4n) is 11.0. The number of ether oxygens (including phenoxy) is 3. The second kappa shape index (κ2) is 20.1. The molecule has 9 aromatic carbocycles. The molecule has 0 bridgehead atoms. The van der Waals surface area contributed by atoms with E-state index in [1.165, 1.54) is 72.8 Å². The highest BCUT2D eigenvalue weighted by molar-refractivity contribution is 8.32. The van der Waals surface area contributed by atoms with E-state index in [1.807, 2.05) is 127 Å². The van der Waals surface area contributed by atoms with Crippen LogP contribution in [0.1, 0.15) is 50.1 Å². The topological polar surface area (TPSA) is 126 Å². The Kier molecular flexibility index (Phi) is 13.0. The molecule has 3 aliphatic rings. The minimum atomic E-state index is -6.26. The molecular weight excluding hydrogens is 1030 g/mol. The van der Waals surface area contributed by atoms with E-state index < -0.39 is 43.8 Å². The van der Waals surface area contributed by atoms with E-state index in [-0.39, 0.29) is 51.2 Å². The van der Waals surface area contributed by atoms with Gasteiger partial charge in [-0.2, -0.15) is 13.2 Å². The van der Waals surface area contributed by atoms with Crippen molar-refractivity contribution in [3.8, 4) is 50.6 Å². The molecule has 1 N–H and O–H groups in total. The van der Waals surface area contributed by atoms with E-state index in [4.69, 9.17) is 14.2 Å². The zero-order valence-electron chi connectivity index (χ0n) is 41.5. The molecule has 0 saturated heterocycles. The number of hydrogen-bond donors (Lipinski definition) is 0. The van der Waals surface area contributed by atoms with E-state index in [1.54, 1.807) is 0 Å². The molecule has 0 aromatic heterocycles. The van der Waals surface area contributed by atoms with Crippen LogP contribution in [0.4, 0.5) is 13.2 Å². The van der Waals surface area contributed by atoms with Crippen LogP contribution in [-0.4, -0.2) is 35.5 Å². The fourth-order valence-corrected chi connectivity index (χ4v) is 15.9. The van der Waals surface area contributed by atoms with Crippen molar-refractivity contribution in [1.29, 1.82) is 0 Å². The molecular formula is C64H46F3O9S2+. The van der Waals surface area contributed by atoms with Crippen molar-refractivity contribution in [3.05, 3.63) is 250 Å². The van der Waals surface area contributed by atoms with Crippen molar-refractivity contribution in [2.24, 2.45) is 0 Å². The summed E-state index contributed by atoms with van der Waals surface area (Å²) in [6.07, 6.45) is 1.77. The molecule has 14 heteroatoms. The van der Waals surface area contributed by atoms with Gasteiger partial charge in [0.05, 0.1) is 44.3 Å². The molecule has 0 atom stereocenters. The van der Waals surface area contributed by atoms with Gasteiger partial charge in [0.1, 0.15) is 17.2 Å². The van der Waals surface area contributed by atoms with Crippen molar-refractivity contribution < 1.29 is 53.8 Å². The van der Waals surface area contributed by atoms with E-state index in [2.05, 4.69) is 3.63 Å². The first-order valence-corrected chi connectivity index (χ1v) is 28.1. The smallest absolute Gasteiger partial charge is 0.426 e. The van der Waals surface area contributed by atoms with Gasteiger partial charge >= 0.3 is 33.5 Å². The van der Waals surface area contributed by atoms with E-state index in [9.17, 15) is 36.0 Å². The molecule has 3 aliphatic carbocycles. The highest BCUT2D eigenvalue weighted by atomic mass is 32.3. The van der Waals surface area contributed by atoms with Crippen LogP contribution in [0.2, 0.25) is 0 Å². The van der Waals surface area contributed by atoms with Crippen molar-refractivity contribution in [1.82, 2.24) is 0 Å². The van der Waals surface area contributed by atoms with Gasteiger partial charge in [0.2, 0.25) is 0 Å². The highest BCUT2D eigenvalue weighted by Crippen LogP contribution is 2.69. The van der Waals surface area contributed by atoms with Crippen LogP contribution in [0.3, 0.4) is 0 Å². The average Bonchev–Trinajstić information content (AvgIpc) is 4.27. The summed E-state index contributed by atoms with van der Waals surface area (Å²) in [7, 11) is -10.1. The van der Waals surface area contributed by atoms with Gasteiger partial charge in [-0.25, -0.2) is 0 Å². The van der Waals surface area contributed by atoms with Crippen molar-refractivity contribution in [2.45, 2.75) is 58.7 Å². The summed E-state index contributed by atoms with van der Waals surface area (Å²) in [6.45, 7) is 0. The minimum Gasteiger partial charge on any atom is -0.426 e. The SMILES string of the molecule is O=C(Cc1cccc2c1Cc1ccccc1-2)Oc1ccc(S([OH+]S(=O)(=O)C(F)(F)F)(c2ccc(OC(=O)Cc3cccc4c3Cc3ccccc3-4)cc2)c2ccc(OC(=O)Cc3cccc4c3Cc3ccccc3-4)cc2)cc1. The number of hydrogen-bond acceptors (Lipinski definition) is 8. The molecule has 0 aliphatic heterocycles.